The van der Waals surface area contributed by atoms with Crippen LogP contribution in [0, 0.1) is 11.3 Å². The molecular formula is C10H21N3O. The Morgan fingerprint density at radius 3 is 3.07 bits per heavy atom. The van der Waals surface area contributed by atoms with Gasteiger partial charge in [-0.15, -0.1) is 0 Å². The van der Waals surface area contributed by atoms with Crippen LogP contribution >= 0.6 is 0 Å². The summed E-state index contributed by atoms with van der Waals surface area (Å²) in [6.07, 6.45) is 1.38. The lowest BCUT2D eigenvalue weighted by molar-refractivity contribution is 0.0669. The van der Waals surface area contributed by atoms with Crippen LogP contribution in [0.3, 0.4) is 0 Å². The molecule has 1 rings (SSSR count). The van der Waals surface area contributed by atoms with Crippen molar-refractivity contribution in [1.82, 2.24) is 4.90 Å². The molecule has 1 aliphatic rings. The summed E-state index contributed by atoms with van der Waals surface area (Å²) in [5, 5.41) is 7.34. The van der Waals surface area contributed by atoms with E-state index in [1.54, 1.807) is 0 Å². The van der Waals surface area contributed by atoms with Crippen LogP contribution in [0.1, 0.15) is 20.3 Å². The monoisotopic (exact) mass is 199 g/mol. The second-order valence-corrected chi connectivity index (χ2v) is 4.15. The van der Waals surface area contributed by atoms with Crippen LogP contribution in [0.4, 0.5) is 0 Å². The molecule has 0 aliphatic carbocycles. The fraction of sp³-hybridized carbons (Fsp3) is 0.900. The highest BCUT2D eigenvalue weighted by molar-refractivity contribution is 5.79. The maximum Gasteiger partial charge on any atom is 0.0947 e. The van der Waals surface area contributed by atoms with E-state index in [9.17, 15) is 0 Å². The van der Waals surface area contributed by atoms with Gasteiger partial charge >= 0.3 is 0 Å². The standard InChI is InChI=1S/C10H21N3O/c1-8(10(11)12)6-13-4-3-5-14-9(2)7-13/h8-9H,3-7H2,1-2H3,(H3,11,12). The van der Waals surface area contributed by atoms with Crippen molar-refractivity contribution in [1.29, 1.82) is 5.41 Å². The maximum absolute atomic E-state index is 7.34. The Balaban J connectivity index is 2.38. The van der Waals surface area contributed by atoms with E-state index in [0.717, 1.165) is 32.7 Å². The molecule has 0 bridgehead atoms. The van der Waals surface area contributed by atoms with Gasteiger partial charge in [-0.3, -0.25) is 10.3 Å². The SMILES string of the molecule is CC1CN(CC(C)C(=N)N)CCCO1. The largest absolute Gasteiger partial charge is 0.387 e. The lowest BCUT2D eigenvalue weighted by atomic mass is 10.1. The lowest BCUT2D eigenvalue weighted by Crippen LogP contribution is -2.37. The van der Waals surface area contributed by atoms with Crippen LogP contribution in [-0.2, 0) is 4.74 Å². The molecule has 1 aliphatic heterocycles. The Labute approximate surface area is 85.9 Å². The van der Waals surface area contributed by atoms with Crippen molar-refractivity contribution in [2.75, 3.05) is 26.2 Å². The van der Waals surface area contributed by atoms with Gasteiger partial charge in [0.15, 0.2) is 0 Å². The van der Waals surface area contributed by atoms with Crippen molar-refractivity contribution in [2.24, 2.45) is 11.7 Å². The van der Waals surface area contributed by atoms with E-state index in [4.69, 9.17) is 15.9 Å². The van der Waals surface area contributed by atoms with Gasteiger partial charge in [0.2, 0.25) is 0 Å². The quantitative estimate of drug-likeness (QED) is 0.519. The summed E-state index contributed by atoms with van der Waals surface area (Å²) >= 11 is 0. The van der Waals surface area contributed by atoms with E-state index < -0.39 is 0 Å². The molecule has 1 fully saturated rings. The molecule has 14 heavy (non-hydrogen) atoms. The van der Waals surface area contributed by atoms with Gasteiger partial charge in [-0.2, -0.15) is 0 Å². The van der Waals surface area contributed by atoms with Crippen molar-refractivity contribution in [3.05, 3.63) is 0 Å². The van der Waals surface area contributed by atoms with Gasteiger partial charge < -0.3 is 10.5 Å². The highest BCUT2D eigenvalue weighted by atomic mass is 16.5. The van der Waals surface area contributed by atoms with Crippen molar-refractivity contribution >= 4 is 5.84 Å². The number of hydrogen-bond donors (Lipinski definition) is 2. The average molecular weight is 199 g/mol. The van der Waals surface area contributed by atoms with Gasteiger partial charge in [-0.05, 0) is 13.3 Å². The first-order valence-corrected chi connectivity index (χ1v) is 5.27. The smallest absolute Gasteiger partial charge is 0.0947 e. The zero-order valence-electron chi connectivity index (χ0n) is 9.12. The molecule has 1 heterocycles. The Hall–Kier alpha value is -0.610. The number of ether oxygens (including phenoxy) is 1. The van der Waals surface area contributed by atoms with Gasteiger partial charge in [-0.1, -0.05) is 6.92 Å². The summed E-state index contributed by atoms with van der Waals surface area (Å²) in [7, 11) is 0. The molecule has 0 aromatic heterocycles. The number of nitrogens with zero attached hydrogens (tertiary/aromatic N) is 1. The predicted molar refractivity (Wildman–Crippen MR) is 57.5 cm³/mol. The van der Waals surface area contributed by atoms with E-state index >= 15 is 0 Å². The molecule has 4 heteroatoms. The topological polar surface area (TPSA) is 62.3 Å². The molecule has 0 aromatic carbocycles. The van der Waals surface area contributed by atoms with Crippen molar-refractivity contribution < 1.29 is 4.74 Å². The second-order valence-electron chi connectivity index (χ2n) is 4.15. The van der Waals surface area contributed by atoms with Gasteiger partial charge in [0, 0.05) is 32.2 Å². The number of nitrogens with one attached hydrogen (secondary N) is 1. The third-order valence-corrected chi connectivity index (χ3v) is 2.60. The van der Waals surface area contributed by atoms with Crippen LogP contribution in [-0.4, -0.2) is 43.1 Å². The molecule has 2 unspecified atom stereocenters. The fourth-order valence-electron chi connectivity index (χ4n) is 1.73. The molecule has 0 saturated carbocycles. The van der Waals surface area contributed by atoms with E-state index in [2.05, 4.69) is 11.8 Å². The highest BCUT2D eigenvalue weighted by Crippen LogP contribution is 2.07. The first-order valence-electron chi connectivity index (χ1n) is 5.27. The molecule has 2 atom stereocenters. The zero-order valence-corrected chi connectivity index (χ0v) is 9.12. The van der Waals surface area contributed by atoms with Gasteiger partial charge in [-0.25, -0.2) is 0 Å². The van der Waals surface area contributed by atoms with Crippen LogP contribution < -0.4 is 5.73 Å². The molecule has 0 spiro atoms. The Kier molecular flexibility index (Phi) is 4.35. The summed E-state index contributed by atoms with van der Waals surface area (Å²) in [6, 6.07) is 0. The molecule has 0 radical (unpaired) electrons. The van der Waals surface area contributed by atoms with E-state index in [0.29, 0.717) is 6.10 Å². The third kappa shape index (κ3) is 3.64. The summed E-state index contributed by atoms with van der Waals surface area (Å²) in [6.45, 7) is 7.84. The van der Waals surface area contributed by atoms with E-state index in [1.807, 2.05) is 6.92 Å². The van der Waals surface area contributed by atoms with Crippen LogP contribution in [0.15, 0.2) is 0 Å². The number of rotatable bonds is 3. The fourth-order valence-corrected chi connectivity index (χ4v) is 1.73. The van der Waals surface area contributed by atoms with Crippen LogP contribution in [0.5, 0.6) is 0 Å². The molecule has 0 amide bonds. The molecule has 3 N–H and O–H groups in total. The molecule has 0 aromatic rings. The Morgan fingerprint density at radius 2 is 2.43 bits per heavy atom. The summed E-state index contributed by atoms with van der Waals surface area (Å²) in [4.78, 5) is 2.34. The normalized spacial score (nSPS) is 26.9. The predicted octanol–water partition coefficient (Wildman–Crippen LogP) is 0.669. The summed E-state index contributed by atoms with van der Waals surface area (Å²) in [5.74, 6) is 0.433. The molecule has 4 nitrogen and oxygen atoms in total. The number of amidine groups is 1. The van der Waals surface area contributed by atoms with E-state index in [1.165, 1.54) is 0 Å². The van der Waals surface area contributed by atoms with Gasteiger partial charge in [0.25, 0.3) is 0 Å². The minimum Gasteiger partial charge on any atom is -0.387 e. The lowest BCUT2D eigenvalue weighted by Gasteiger charge is -2.24. The molecule has 82 valence electrons. The van der Waals surface area contributed by atoms with Crippen molar-refractivity contribution in [2.45, 2.75) is 26.4 Å². The second kappa shape index (κ2) is 5.32. The van der Waals surface area contributed by atoms with Gasteiger partial charge in [0.1, 0.15) is 0 Å². The van der Waals surface area contributed by atoms with Crippen molar-refractivity contribution in [3.8, 4) is 0 Å². The average Bonchev–Trinajstić information content (AvgIpc) is 2.29. The molecule has 1 saturated heterocycles. The maximum atomic E-state index is 7.34. The minimum absolute atomic E-state index is 0.153. The first-order chi connectivity index (χ1) is 6.59. The Morgan fingerprint density at radius 1 is 1.71 bits per heavy atom. The van der Waals surface area contributed by atoms with Crippen LogP contribution in [0.25, 0.3) is 0 Å². The zero-order chi connectivity index (χ0) is 10.6. The first kappa shape index (κ1) is 11.5. The summed E-state index contributed by atoms with van der Waals surface area (Å²) < 4.78 is 5.55. The minimum atomic E-state index is 0.153. The summed E-state index contributed by atoms with van der Waals surface area (Å²) in [5.41, 5.74) is 5.45. The highest BCUT2D eigenvalue weighted by Gasteiger charge is 2.17. The number of hydrogen-bond acceptors (Lipinski definition) is 3. The Bertz CT molecular complexity index is 196. The number of nitrogens with two attached hydrogens (primary N) is 1. The third-order valence-electron chi connectivity index (χ3n) is 2.60. The molecular weight excluding hydrogens is 178 g/mol. The van der Waals surface area contributed by atoms with E-state index in [-0.39, 0.29) is 11.8 Å². The van der Waals surface area contributed by atoms with Crippen LogP contribution in [0.2, 0.25) is 0 Å². The van der Waals surface area contributed by atoms with Crippen molar-refractivity contribution in [3.63, 3.8) is 0 Å². The van der Waals surface area contributed by atoms with Gasteiger partial charge in [0.05, 0.1) is 11.9 Å².